The second-order valence-electron chi connectivity index (χ2n) is 4.88. The molecule has 0 bridgehead atoms. The van der Waals surface area contributed by atoms with E-state index >= 15 is 0 Å². The van der Waals surface area contributed by atoms with E-state index in [-0.39, 0.29) is 18.0 Å². The monoisotopic (exact) mass is 384 g/mol. The van der Waals surface area contributed by atoms with Gasteiger partial charge in [-0.2, -0.15) is 10.2 Å². The maximum Gasteiger partial charge on any atom is 0.309 e. The van der Waals surface area contributed by atoms with Crippen LogP contribution in [0.4, 0.5) is 5.69 Å². The molecule has 0 aromatic carbocycles. The highest BCUT2D eigenvalue weighted by molar-refractivity contribution is 9.10. The Morgan fingerprint density at radius 1 is 1.39 bits per heavy atom. The summed E-state index contributed by atoms with van der Waals surface area (Å²) < 4.78 is 4.10. The highest BCUT2D eigenvalue weighted by Crippen LogP contribution is 2.17. The van der Waals surface area contributed by atoms with Crippen molar-refractivity contribution in [3.05, 3.63) is 38.4 Å². The van der Waals surface area contributed by atoms with Crippen LogP contribution in [0.5, 0.6) is 0 Å². The zero-order chi connectivity index (χ0) is 17.0. The van der Waals surface area contributed by atoms with Gasteiger partial charge in [-0.1, -0.05) is 0 Å². The normalized spacial score (nSPS) is 10.7. The Morgan fingerprint density at radius 2 is 2.09 bits per heavy atom. The Bertz CT molecular complexity index is 723. The Balaban J connectivity index is 1.88. The predicted molar refractivity (Wildman–Crippen MR) is 85.7 cm³/mol. The molecule has 0 spiro atoms. The minimum Gasteiger partial charge on any atom is -0.350 e. The van der Waals surface area contributed by atoms with E-state index < -0.39 is 4.92 Å². The van der Waals surface area contributed by atoms with Crippen LogP contribution in [-0.2, 0) is 24.4 Å². The molecular formula is C13H17BrN6O3. The Kier molecular flexibility index (Phi) is 5.48. The quantitative estimate of drug-likeness (QED) is 0.578. The number of carbonyl (C=O) groups is 1. The summed E-state index contributed by atoms with van der Waals surface area (Å²) in [7, 11) is 0. The fraction of sp³-hybridized carbons (Fsp3) is 0.462. The van der Waals surface area contributed by atoms with Crippen LogP contribution in [0, 0.1) is 17.0 Å². The fourth-order valence-corrected chi connectivity index (χ4v) is 2.59. The van der Waals surface area contributed by atoms with Crippen LogP contribution < -0.4 is 5.32 Å². The van der Waals surface area contributed by atoms with Gasteiger partial charge in [0, 0.05) is 13.0 Å². The number of nitro groups is 1. The van der Waals surface area contributed by atoms with Crippen molar-refractivity contribution in [1.82, 2.24) is 24.9 Å². The third-order valence-electron chi connectivity index (χ3n) is 3.47. The Morgan fingerprint density at radius 3 is 2.70 bits per heavy atom. The van der Waals surface area contributed by atoms with E-state index in [2.05, 4.69) is 31.4 Å². The number of hydrogen-bond acceptors (Lipinski definition) is 5. The second kappa shape index (κ2) is 7.36. The lowest BCUT2D eigenvalue weighted by molar-refractivity contribution is -0.385. The third-order valence-corrected chi connectivity index (χ3v) is 4.14. The molecule has 2 aromatic rings. The lowest BCUT2D eigenvalue weighted by Crippen LogP contribution is -2.25. The summed E-state index contributed by atoms with van der Waals surface area (Å²) in [6, 6.07) is 0. The first-order chi connectivity index (χ1) is 10.9. The highest BCUT2D eigenvalue weighted by atomic mass is 79.9. The second-order valence-corrected chi connectivity index (χ2v) is 5.73. The molecule has 0 radical (unpaired) electrons. The SMILES string of the molecule is CCn1ncc(Br)c1CNC(=O)CCn1ncc([N+](=O)[O-])c1C. The van der Waals surface area contributed by atoms with E-state index in [4.69, 9.17) is 0 Å². The number of rotatable bonds is 7. The van der Waals surface area contributed by atoms with E-state index in [1.54, 1.807) is 17.8 Å². The number of nitrogens with one attached hydrogen (secondary N) is 1. The van der Waals surface area contributed by atoms with Gasteiger partial charge in [0.25, 0.3) is 0 Å². The van der Waals surface area contributed by atoms with Crippen molar-refractivity contribution in [2.24, 2.45) is 0 Å². The lowest BCUT2D eigenvalue weighted by Gasteiger charge is -2.08. The zero-order valence-corrected chi connectivity index (χ0v) is 14.4. The van der Waals surface area contributed by atoms with E-state index in [0.717, 1.165) is 10.2 Å². The van der Waals surface area contributed by atoms with Crippen molar-refractivity contribution in [3.63, 3.8) is 0 Å². The molecule has 0 aliphatic heterocycles. The number of carbonyl (C=O) groups excluding carboxylic acids is 1. The number of aryl methyl sites for hydroxylation is 2. The van der Waals surface area contributed by atoms with Gasteiger partial charge >= 0.3 is 5.69 Å². The van der Waals surface area contributed by atoms with E-state index in [9.17, 15) is 14.9 Å². The molecule has 2 heterocycles. The number of nitrogens with zero attached hydrogens (tertiary/aromatic N) is 5. The largest absolute Gasteiger partial charge is 0.350 e. The van der Waals surface area contributed by atoms with Gasteiger partial charge in [-0.05, 0) is 29.8 Å². The number of amides is 1. The average molecular weight is 385 g/mol. The minimum atomic E-state index is -0.484. The van der Waals surface area contributed by atoms with Crippen molar-refractivity contribution in [1.29, 1.82) is 0 Å². The molecule has 1 N–H and O–H groups in total. The van der Waals surface area contributed by atoms with Crippen LogP contribution in [0.3, 0.4) is 0 Å². The van der Waals surface area contributed by atoms with E-state index in [0.29, 0.717) is 25.3 Å². The van der Waals surface area contributed by atoms with Crippen molar-refractivity contribution in [3.8, 4) is 0 Å². The molecule has 0 atom stereocenters. The number of hydrogen-bond donors (Lipinski definition) is 1. The Hall–Kier alpha value is -2.23. The summed E-state index contributed by atoms with van der Waals surface area (Å²) >= 11 is 3.40. The molecule has 23 heavy (non-hydrogen) atoms. The Labute approximate surface area is 140 Å². The van der Waals surface area contributed by atoms with Crippen molar-refractivity contribution >= 4 is 27.5 Å². The van der Waals surface area contributed by atoms with Crippen molar-refractivity contribution in [2.75, 3.05) is 0 Å². The van der Waals surface area contributed by atoms with Gasteiger partial charge in [0.15, 0.2) is 0 Å². The molecule has 2 rings (SSSR count). The maximum absolute atomic E-state index is 11.9. The van der Waals surface area contributed by atoms with Crippen LogP contribution in [0.25, 0.3) is 0 Å². The first kappa shape index (κ1) is 17.1. The van der Waals surface area contributed by atoms with Crippen LogP contribution >= 0.6 is 15.9 Å². The first-order valence-corrected chi connectivity index (χ1v) is 7.87. The molecule has 0 fully saturated rings. The van der Waals surface area contributed by atoms with Crippen LogP contribution in [-0.4, -0.2) is 30.4 Å². The fourth-order valence-electron chi connectivity index (χ4n) is 2.16. The van der Waals surface area contributed by atoms with Gasteiger partial charge in [-0.15, -0.1) is 0 Å². The summed E-state index contributed by atoms with van der Waals surface area (Å²) in [6.07, 6.45) is 3.08. The summed E-state index contributed by atoms with van der Waals surface area (Å²) in [5, 5.41) is 21.7. The van der Waals surface area contributed by atoms with Gasteiger partial charge < -0.3 is 5.32 Å². The van der Waals surface area contributed by atoms with Gasteiger partial charge in [-0.3, -0.25) is 24.3 Å². The number of aromatic nitrogens is 4. The molecule has 0 unspecified atom stereocenters. The predicted octanol–water partition coefficient (Wildman–Crippen LogP) is 1.79. The van der Waals surface area contributed by atoms with Crippen LogP contribution in [0.15, 0.2) is 16.9 Å². The van der Waals surface area contributed by atoms with Gasteiger partial charge in [0.05, 0.1) is 34.4 Å². The van der Waals surface area contributed by atoms with Crippen molar-refractivity contribution in [2.45, 2.75) is 39.9 Å². The molecule has 9 nitrogen and oxygen atoms in total. The summed E-state index contributed by atoms with van der Waals surface area (Å²) in [5.41, 5.74) is 1.29. The average Bonchev–Trinajstić information content (AvgIpc) is 3.06. The summed E-state index contributed by atoms with van der Waals surface area (Å²) in [4.78, 5) is 22.2. The maximum atomic E-state index is 11.9. The van der Waals surface area contributed by atoms with Gasteiger partial charge in [0.1, 0.15) is 11.9 Å². The molecule has 0 aliphatic rings. The highest BCUT2D eigenvalue weighted by Gasteiger charge is 2.17. The molecule has 2 aromatic heterocycles. The smallest absolute Gasteiger partial charge is 0.309 e. The third kappa shape index (κ3) is 3.95. The first-order valence-electron chi connectivity index (χ1n) is 7.07. The van der Waals surface area contributed by atoms with E-state index in [1.807, 2.05) is 6.92 Å². The van der Waals surface area contributed by atoms with Crippen molar-refractivity contribution < 1.29 is 9.72 Å². The van der Waals surface area contributed by atoms with Gasteiger partial charge in [0.2, 0.25) is 5.91 Å². The lowest BCUT2D eigenvalue weighted by atomic mass is 10.3. The molecule has 124 valence electrons. The summed E-state index contributed by atoms with van der Waals surface area (Å²) in [6.45, 7) is 4.95. The minimum absolute atomic E-state index is 0.0406. The number of halogens is 1. The molecule has 10 heteroatoms. The molecule has 0 aliphatic carbocycles. The van der Waals surface area contributed by atoms with Gasteiger partial charge in [-0.25, -0.2) is 0 Å². The van der Waals surface area contributed by atoms with E-state index in [1.165, 1.54) is 10.9 Å². The molecule has 0 saturated carbocycles. The standard InChI is InChI=1S/C13H17BrN6O3/c1-3-18-12(10(14)6-16-18)7-15-13(21)4-5-19-9(2)11(8-17-19)20(22)23/h6,8H,3-5,7H2,1-2H3,(H,15,21). The van der Waals surface area contributed by atoms with Crippen LogP contribution in [0.2, 0.25) is 0 Å². The molecule has 0 saturated heterocycles. The molecular weight excluding hydrogens is 368 g/mol. The zero-order valence-electron chi connectivity index (χ0n) is 12.8. The summed E-state index contributed by atoms with van der Waals surface area (Å²) in [5.74, 6) is -0.154. The molecule has 1 amide bonds. The van der Waals surface area contributed by atoms with Crippen LogP contribution in [0.1, 0.15) is 24.7 Å². The topological polar surface area (TPSA) is 108 Å².